The Morgan fingerprint density at radius 3 is 2.60 bits per heavy atom. The molecule has 0 bridgehead atoms. The first-order chi connectivity index (χ1) is 9.52. The molecule has 1 N–H and O–H groups in total. The van der Waals surface area contributed by atoms with Gasteiger partial charge >= 0.3 is 0 Å². The first-order valence-corrected chi connectivity index (χ1v) is 8.67. The Morgan fingerprint density at radius 1 is 1.30 bits per heavy atom. The average molecular weight is 403 g/mol. The van der Waals surface area contributed by atoms with Crippen LogP contribution in [0.25, 0.3) is 0 Å². The molecule has 0 spiro atoms. The van der Waals surface area contributed by atoms with Crippen molar-refractivity contribution in [3.63, 3.8) is 0 Å². The van der Waals surface area contributed by atoms with Gasteiger partial charge < -0.3 is 5.32 Å². The highest BCUT2D eigenvalue weighted by molar-refractivity contribution is 14.1. The van der Waals surface area contributed by atoms with E-state index in [-0.39, 0.29) is 11.9 Å². The zero-order valence-corrected chi connectivity index (χ0v) is 14.9. The van der Waals surface area contributed by atoms with Gasteiger partial charge in [-0.1, -0.05) is 13.0 Å². The van der Waals surface area contributed by atoms with Gasteiger partial charge in [-0.3, -0.25) is 0 Å². The quantitative estimate of drug-likeness (QED) is 0.677. The lowest BCUT2D eigenvalue weighted by atomic mass is 10.0. The molecule has 2 rings (SSSR count). The summed E-state index contributed by atoms with van der Waals surface area (Å²) >= 11 is 4.04. The molecule has 1 nitrogen and oxygen atoms in total. The first kappa shape index (κ1) is 15.9. The van der Waals surface area contributed by atoms with E-state index in [1.807, 2.05) is 17.4 Å². The molecule has 1 aromatic carbocycles. The predicted molar refractivity (Wildman–Crippen MR) is 93.0 cm³/mol. The number of nitrogens with one attached hydrogen (secondary N) is 1. The molecule has 2 aromatic rings. The van der Waals surface area contributed by atoms with Crippen molar-refractivity contribution in [3.05, 3.63) is 54.5 Å². The van der Waals surface area contributed by atoms with E-state index >= 15 is 0 Å². The van der Waals surface area contributed by atoms with Gasteiger partial charge in [-0.15, -0.1) is 11.3 Å². The molecular formula is C16H19FINS. The van der Waals surface area contributed by atoms with Crippen molar-refractivity contribution in [1.29, 1.82) is 0 Å². The smallest absolute Gasteiger partial charge is 0.124 e. The van der Waals surface area contributed by atoms with Crippen molar-refractivity contribution in [2.45, 2.75) is 33.2 Å². The second-order valence-electron chi connectivity index (χ2n) is 4.96. The highest BCUT2D eigenvalue weighted by Crippen LogP contribution is 2.34. The maximum Gasteiger partial charge on any atom is 0.124 e. The largest absolute Gasteiger partial charge is 0.306 e. The van der Waals surface area contributed by atoms with Gasteiger partial charge in [0, 0.05) is 13.3 Å². The van der Waals surface area contributed by atoms with Crippen molar-refractivity contribution in [1.82, 2.24) is 5.32 Å². The molecule has 0 aliphatic rings. The zero-order valence-electron chi connectivity index (χ0n) is 12.0. The molecule has 4 heteroatoms. The van der Waals surface area contributed by atoms with Crippen LogP contribution in [-0.2, 0) is 0 Å². The Kier molecular flexibility index (Phi) is 5.57. The van der Waals surface area contributed by atoms with Gasteiger partial charge in [-0.05, 0) is 78.7 Å². The zero-order chi connectivity index (χ0) is 14.7. The summed E-state index contributed by atoms with van der Waals surface area (Å²) in [7, 11) is 0. The molecule has 0 radical (unpaired) electrons. The lowest BCUT2D eigenvalue weighted by Crippen LogP contribution is -2.23. The van der Waals surface area contributed by atoms with Gasteiger partial charge in [-0.25, -0.2) is 4.39 Å². The van der Waals surface area contributed by atoms with Crippen LogP contribution in [0.2, 0.25) is 0 Å². The Morgan fingerprint density at radius 2 is 2.05 bits per heavy atom. The highest BCUT2D eigenvalue weighted by Gasteiger charge is 2.20. The Balaban J connectivity index is 2.44. The maximum atomic E-state index is 13.3. The van der Waals surface area contributed by atoms with Crippen molar-refractivity contribution in [3.8, 4) is 0 Å². The topological polar surface area (TPSA) is 12.0 Å². The second-order valence-corrected chi connectivity index (χ2v) is 7.41. The molecule has 108 valence electrons. The van der Waals surface area contributed by atoms with Crippen LogP contribution in [0.3, 0.4) is 0 Å². The molecule has 20 heavy (non-hydrogen) atoms. The van der Waals surface area contributed by atoms with E-state index in [9.17, 15) is 4.39 Å². The molecule has 1 unspecified atom stereocenters. The number of halogens is 2. The fraction of sp³-hybridized carbons (Fsp3) is 0.375. The summed E-state index contributed by atoms with van der Waals surface area (Å²) in [5.41, 5.74) is 2.46. The molecule has 0 aliphatic carbocycles. The van der Waals surface area contributed by atoms with E-state index in [0.717, 1.165) is 22.1 Å². The van der Waals surface area contributed by atoms with Crippen LogP contribution < -0.4 is 5.32 Å². The number of benzene rings is 1. The number of thiophene rings is 1. The number of rotatable bonds is 5. The second kappa shape index (κ2) is 7.00. The SMILES string of the molecule is CCCNC(c1ccc(F)cc1I)c1sc(C)cc1C. The third kappa shape index (κ3) is 3.59. The fourth-order valence-corrected chi connectivity index (χ4v) is 4.23. The van der Waals surface area contributed by atoms with Crippen LogP contribution in [0.1, 0.15) is 40.3 Å². The van der Waals surface area contributed by atoms with Gasteiger partial charge in [0.15, 0.2) is 0 Å². The maximum absolute atomic E-state index is 13.3. The van der Waals surface area contributed by atoms with E-state index in [4.69, 9.17) is 0 Å². The van der Waals surface area contributed by atoms with E-state index < -0.39 is 0 Å². The predicted octanol–water partition coefficient (Wildman–Crippen LogP) is 5.20. The molecule has 0 saturated carbocycles. The average Bonchev–Trinajstić information content (AvgIpc) is 2.71. The Labute approximate surface area is 137 Å². The summed E-state index contributed by atoms with van der Waals surface area (Å²) in [6.07, 6.45) is 1.08. The summed E-state index contributed by atoms with van der Waals surface area (Å²) in [6, 6.07) is 7.43. The molecule has 0 aliphatic heterocycles. The molecule has 1 aromatic heterocycles. The Bertz CT molecular complexity index is 594. The minimum atomic E-state index is -0.175. The standard InChI is InChI=1S/C16H19FINS/c1-4-7-19-15(16-10(2)8-11(3)20-16)13-6-5-12(17)9-14(13)18/h5-6,8-9,15,19H,4,7H2,1-3H3. The van der Waals surface area contributed by atoms with Crippen molar-refractivity contribution in [2.75, 3.05) is 6.54 Å². The summed E-state index contributed by atoms with van der Waals surface area (Å²) in [5, 5.41) is 3.60. The third-order valence-corrected chi connectivity index (χ3v) is 5.37. The minimum Gasteiger partial charge on any atom is -0.306 e. The van der Waals surface area contributed by atoms with Crippen molar-refractivity contribution in [2.24, 2.45) is 0 Å². The van der Waals surface area contributed by atoms with Crippen LogP contribution in [0.5, 0.6) is 0 Å². The number of hydrogen-bond donors (Lipinski definition) is 1. The summed E-state index contributed by atoms with van der Waals surface area (Å²) < 4.78 is 14.3. The van der Waals surface area contributed by atoms with Gasteiger partial charge in [0.25, 0.3) is 0 Å². The molecule has 1 heterocycles. The number of hydrogen-bond acceptors (Lipinski definition) is 2. The molecule has 0 amide bonds. The molecule has 1 atom stereocenters. The summed E-state index contributed by atoms with van der Waals surface area (Å²) in [6.45, 7) is 7.39. The summed E-state index contributed by atoms with van der Waals surface area (Å²) in [5.74, 6) is -0.175. The fourth-order valence-electron chi connectivity index (χ4n) is 2.31. The van der Waals surface area contributed by atoms with Crippen LogP contribution in [0.4, 0.5) is 4.39 Å². The van der Waals surface area contributed by atoms with E-state index in [1.54, 1.807) is 12.1 Å². The first-order valence-electron chi connectivity index (χ1n) is 6.78. The molecule has 0 fully saturated rings. The lowest BCUT2D eigenvalue weighted by molar-refractivity contribution is 0.595. The van der Waals surface area contributed by atoms with Crippen molar-refractivity contribution >= 4 is 33.9 Å². The monoisotopic (exact) mass is 403 g/mol. The van der Waals surface area contributed by atoms with E-state index in [2.05, 4.69) is 54.7 Å². The minimum absolute atomic E-state index is 0.154. The van der Waals surface area contributed by atoms with E-state index in [0.29, 0.717) is 0 Å². The molecular weight excluding hydrogens is 384 g/mol. The van der Waals surface area contributed by atoms with Crippen LogP contribution in [-0.4, -0.2) is 6.54 Å². The summed E-state index contributed by atoms with van der Waals surface area (Å²) in [4.78, 5) is 2.65. The van der Waals surface area contributed by atoms with Crippen LogP contribution >= 0.6 is 33.9 Å². The van der Waals surface area contributed by atoms with Gasteiger partial charge in [-0.2, -0.15) is 0 Å². The Hall–Kier alpha value is -0.460. The highest BCUT2D eigenvalue weighted by atomic mass is 127. The van der Waals surface area contributed by atoms with E-state index in [1.165, 1.54) is 15.3 Å². The van der Waals surface area contributed by atoms with Crippen LogP contribution in [0, 0.1) is 23.2 Å². The van der Waals surface area contributed by atoms with Gasteiger partial charge in [0.2, 0.25) is 0 Å². The number of aryl methyl sites for hydroxylation is 2. The van der Waals surface area contributed by atoms with Crippen molar-refractivity contribution < 1.29 is 4.39 Å². The van der Waals surface area contributed by atoms with Crippen LogP contribution in [0.15, 0.2) is 24.3 Å². The molecule has 0 saturated heterocycles. The lowest BCUT2D eigenvalue weighted by Gasteiger charge is -2.20. The third-order valence-electron chi connectivity index (χ3n) is 3.21. The van der Waals surface area contributed by atoms with Gasteiger partial charge in [0.1, 0.15) is 5.82 Å². The normalized spacial score (nSPS) is 12.7. The van der Waals surface area contributed by atoms with Gasteiger partial charge in [0.05, 0.1) is 6.04 Å².